The molecule has 0 amide bonds. The van der Waals surface area contributed by atoms with Gasteiger partial charge in [0, 0.05) is 21.8 Å². The molecule has 0 radical (unpaired) electrons. The highest BCUT2D eigenvalue weighted by atomic mass is 79.9. The average molecular weight is 413 g/mol. The fourth-order valence-corrected chi connectivity index (χ4v) is 3.67. The van der Waals surface area contributed by atoms with E-state index in [0.717, 1.165) is 21.9 Å². The van der Waals surface area contributed by atoms with Crippen molar-refractivity contribution in [1.82, 2.24) is 8.97 Å². The number of carboxylic acids is 1. The summed E-state index contributed by atoms with van der Waals surface area (Å²) < 4.78 is 17.0. The highest BCUT2D eigenvalue weighted by Crippen LogP contribution is 2.23. The summed E-state index contributed by atoms with van der Waals surface area (Å²) in [6.45, 7) is 1.43. The normalized spacial score (nSPS) is 12.5. The van der Waals surface area contributed by atoms with Gasteiger partial charge in [-0.15, -0.1) is 11.3 Å². The molecule has 2 heterocycles. The number of carboxylic acid groups (broad SMARTS) is 1. The molecule has 0 spiro atoms. The minimum atomic E-state index is -1.98. The minimum absolute atomic E-state index is 0.106. The second kappa shape index (κ2) is 5.99. The van der Waals surface area contributed by atoms with Gasteiger partial charge in [-0.25, -0.2) is 18.5 Å². The first kappa shape index (κ1) is 16.6. The molecule has 0 aliphatic heterocycles. The molecular formula is C15H10BrFN2O4S. The number of aryl methyl sites for hydroxylation is 1. The molecule has 0 saturated heterocycles. The standard InChI is InChI=1S/C15H10BrFN2O4S/c1-7-12(20)19(11(17)8-3-2-4-9(16)5-8)15(23)18-6-10(14(21)22)24-13(7)18/h2-6,11H,1H3,(H,21,22). The Morgan fingerprint density at radius 2 is 2.08 bits per heavy atom. The maximum atomic E-state index is 14.9. The lowest BCUT2D eigenvalue weighted by Gasteiger charge is -2.13. The monoisotopic (exact) mass is 412 g/mol. The summed E-state index contributed by atoms with van der Waals surface area (Å²) in [5.41, 5.74) is -1.45. The first-order valence-electron chi connectivity index (χ1n) is 6.71. The number of thiazole rings is 1. The molecule has 24 heavy (non-hydrogen) atoms. The van der Waals surface area contributed by atoms with Crippen LogP contribution in [-0.4, -0.2) is 20.0 Å². The number of hydrogen-bond acceptors (Lipinski definition) is 4. The van der Waals surface area contributed by atoms with Crippen LogP contribution in [-0.2, 0) is 0 Å². The maximum absolute atomic E-state index is 14.9. The molecule has 1 N–H and O–H groups in total. The highest BCUT2D eigenvalue weighted by molar-refractivity contribution is 9.10. The number of halogens is 2. The molecule has 1 unspecified atom stereocenters. The Kier molecular flexibility index (Phi) is 4.14. The van der Waals surface area contributed by atoms with Crippen molar-refractivity contribution in [2.45, 2.75) is 13.2 Å². The van der Waals surface area contributed by atoms with Gasteiger partial charge < -0.3 is 5.11 Å². The van der Waals surface area contributed by atoms with Gasteiger partial charge in [0.25, 0.3) is 5.56 Å². The van der Waals surface area contributed by atoms with E-state index in [9.17, 15) is 18.8 Å². The molecule has 3 aromatic rings. The Labute approximate surface area is 146 Å². The van der Waals surface area contributed by atoms with E-state index in [2.05, 4.69) is 15.9 Å². The summed E-state index contributed by atoms with van der Waals surface area (Å²) in [6, 6.07) is 6.21. The lowest BCUT2D eigenvalue weighted by atomic mass is 10.2. The van der Waals surface area contributed by atoms with E-state index < -0.39 is 23.5 Å². The number of aromatic carboxylic acids is 1. The second-order valence-corrected chi connectivity index (χ2v) is 7.00. The Balaban J connectivity index is 2.31. The van der Waals surface area contributed by atoms with Gasteiger partial charge in [0.05, 0.1) is 0 Å². The van der Waals surface area contributed by atoms with Crippen LogP contribution in [0, 0.1) is 6.92 Å². The van der Waals surface area contributed by atoms with Crippen LogP contribution in [0.15, 0.2) is 44.5 Å². The van der Waals surface area contributed by atoms with Gasteiger partial charge in [-0.1, -0.05) is 28.1 Å². The van der Waals surface area contributed by atoms with E-state index in [1.54, 1.807) is 12.1 Å². The Morgan fingerprint density at radius 3 is 2.71 bits per heavy atom. The summed E-state index contributed by atoms with van der Waals surface area (Å²) >= 11 is 4.01. The zero-order chi connectivity index (χ0) is 17.6. The molecule has 1 atom stereocenters. The van der Waals surface area contributed by atoms with Crippen LogP contribution in [0.3, 0.4) is 0 Å². The Hall–Kier alpha value is -2.26. The van der Waals surface area contributed by atoms with Gasteiger partial charge in [-0.2, -0.15) is 0 Å². The number of benzene rings is 1. The van der Waals surface area contributed by atoms with Crippen molar-refractivity contribution in [3.05, 3.63) is 71.8 Å². The first-order chi connectivity index (χ1) is 11.3. The van der Waals surface area contributed by atoms with Crippen molar-refractivity contribution in [3.63, 3.8) is 0 Å². The van der Waals surface area contributed by atoms with Gasteiger partial charge >= 0.3 is 11.7 Å². The molecule has 0 aliphatic rings. The molecule has 9 heteroatoms. The summed E-state index contributed by atoms with van der Waals surface area (Å²) in [7, 11) is 0. The number of alkyl halides is 1. The predicted octanol–water partition coefficient (Wildman–Crippen LogP) is 2.81. The van der Waals surface area contributed by atoms with E-state index in [4.69, 9.17) is 5.11 Å². The van der Waals surface area contributed by atoms with Crippen LogP contribution in [0.2, 0.25) is 0 Å². The number of nitrogens with zero attached hydrogens (tertiary/aromatic N) is 2. The molecule has 3 rings (SSSR count). The van der Waals surface area contributed by atoms with Crippen LogP contribution < -0.4 is 11.2 Å². The van der Waals surface area contributed by atoms with Crippen molar-refractivity contribution < 1.29 is 14.3 Å². The molecule has 0 saturated carbocycles. The third-order valence-electron chi connectivity index (χ3n) is 3.51. The zero-order valence-corrected chi connectivity index (χ0v) is 14.6. The summed E-state index contributed by atoms with van der Waals surface area (Å²) in [4.78, 5) is 36.1. The van der Waals surface area contributed by atoms with Crippen LogP contribution in [0.1, 0.15) is 27.1 Å². The summed E-state index contributed by atoms with van der Waals surface area (Å²) in [5, 5.41) is 9.05. The number of fused-ring (bicyclic) bond motifs is 1. The molecule has 0 aliphatic carbocycles. The van der Waals surface area contributed by atoms with Crippen molar-refractivity contribution in [3.8, 4) is 0 Å². The van der Waals surface area contributed by atoms with E-state index in [0.29, 0.717) is 9.04 Å². The molecular weight excluding hydrogens is 403 g/mol. The highest BCUT2D eigenvalue weighted by Gasteiger charge is 2.22. The zero-order valence-electron chi connectivity index (χ0n) is 12.2. The largest absolute Gasteiger partial charge is 0.477 e. The first-order valence-corrected chi connectivity index (χ1v) is 8.32. The molecule has 124 valence electrons. The predicted molar refractivity (Wildman–Crippen MR) is 90.9 cm³/mol. The van der Waals surface area contributed by atoms with E-state index in [1.807, 2.05) is 0 Å². The third-order valence-corrected chi connectivity index (χ3v) is 5.19. The Morgan fingerprint density at radius 1 is 1.38 bits per heavy atom. The van der Waals surface area contributed by atoms with Gasteiger partial charge in [-0.3, -0.25) is 9.20 Å². The van der Waals surface area contributed by atoms with Gasteiger partial charge in [0.1, 0.15) is 9.71 Å². The van der Waals surface area contributed by atoms with Gasteiger partial charge in [0.2, 0.25) is 6.30 Å². The quantitative estimate of drug-likeness (QED) is 0.716. The minimum Gasteiger partial charge on any atom is -0.477 e. The van der Waals surface area contributed by atoms with Crippen LogP contribution in [0.4, 0.5) is 4.39 Å². The Bertz CT molecular complexity index is 1090. The smallest absolute Gasteiger partial charge is 0.347 e. The van der Waals surface area contributed by atoms with Gasteiger partial charge in [0.15, 0.2) is 0 Å². The molecule has 1 aromatic carbocycles. The molecule has 0 fully saturated rings. The fraction of sp³-hybridized carbons (Fsp3) is 0.133. The number of carbonyl (C=O) groups is 1. The SMILES string of the molecule is Cc1c(=O)n(C(F)c2cccc(Br)c2)c(=O)n2cc(C(=O)O)sc12. The average Bonchev–Trinajstić information content (AvgIpc) is 2.99. The van der Waals surface area contributed by atoms with Crippen molar-refractivity contribution in [2.75, 3.05) is 0 Å². The number of hydrogen-bond donors (Lipinski definition) is 1. The maximum Gasteiger partial charge on any atom is 0.347 e. The number of aromatic nitrogens is 2. The fourth-order valence-electron chi connectivity index (χ4n) is 2.33. The van der Waals surface area contributed by atoms with Crippen molar-refractivity contribution in [1.29, 1.82) is 0 Å². The molecule has 2 aromatic heterocycles. The lowest BCUT2D eigenvalue weighted by Crippen LogP contribution is -2.40. The third kappa shape index (κ3) is 2.59. The second-order valence-electron chi connectivity index (χ2n) is 5.05. The van der Waals surface area contributed by atoms with Crippen LogP contribution in [0.25, 0.3) is 4.83 Å². The van der Waals surface area contributed by atoms with Gasteiger partial charge in [-0.05, 0) is 19.1 Å². The summed E-state index contributed by atoms with van der Waals surface area (Å²) in [5.74, 6) is -1.22. The summed E-state index contributed by atoms with van der Waals surface area (Å²) in [6.07, 6.45) is -0.882. The van der Waals surface area contributed by atoms with E-state index in [-0.39, 0.29) is 20.8 Å². The van der Waals surface area contributed by atoms with Crippen molar-refractivity contribution >= 4 is 38.1 Å². The van der Waals surface area contributed by atoms with Crippen LogP contribution in [0.5, 0.6) is 0 Å². The van der Waals surface area contributed by atoms with Crippen LogP contribution >= 0.6 is 27.3 Å². The topological polar surface area (TPSA) is 80.8 Å². The molecule has 6 nitrogen and oxygen atoms in total. The lowest BCUT2D eigenvalue weighted by molar-refractivity contribution is 0.0701. The van der Waals surface area contributed by atoms with E-state index in [1.165, 1.54) is 19.1 Å². The van der Waals surface area contributed by atoms with E-state index >= 15 is 0 Å². The number of rotatable bonds is 3. The molecule has 0 bridgehead atoms. The van der Waals surface area contributed by atoms with Crippen molar-refractivity contribution in [2.24, 2.45) is 0 Å².